The monoisotopic (exact) mass is 422 g/mol. The highest BCUT2D eigenvalue weighted by Crippen LogP contribution is 2.26. The molecule has 3 rings (SSSR count). The lowest BCUT2D eigenvalue weighted by molar-refractivity contribution is -0.134. The zero-order chi connectivity index (χ0) is 21.7. The molecule has 1 heterocycles. The van der Waals surface area contributed by atoms with Crippen LogP contribution in [0, 0.1) is 17.5 Å². The number of benzene rings is 2. The average Bonchev–Trinajstić information content (AvgIpc) is 2.76. The lowest BCUT2D eigenvalue weighted by atomic mass is 10.0. The Morgan fingerprint density at radius 2 is 1.70 bits per heavy atom. The molecule has 1 N–H and O–H groups in total. The van der Waals surface area contributed by atoms with Crippen molar-refractivity contribution in [1.29, 1.82) is 0 Å². The van der Waals surface area contributed by atoms with E-state index >= 15 is 0 Å². The van der Waals surface area contributed by atoms with Crippen molar-refractivity contribution in [3.05, 3.63) is 59.4 Å². The first kappa shape index (κ1) is 21.5. The number of carbonyl (C=O) groups is 2. The second-order valence-electron chi connectivity index (χ2n) is 6.79. The van der Waals surface area contributed by atoms with Crippen LogP contribution >= 0.6 is 0 Å². The van der Waals surface area contributed by atoms with Gasteiger partial charge >= 0.3 is 0 Å². The second kappa shape index (κ2) is 9.51. The third-order valence-corrected chi connectivity index (χ3v) is 4.88. The Morgan fingerprint density at radius 1 is 1.03 bits per heavy atom. The summed E-state index contributed by atoms with van der Waals surface area (Å²) in [6.07, 6.45) is 0.884. The summed E-state index contributed by atoms with van der Waals surface area (Å²) in [5, 5.41) is 2.60. The van der Waals surface area contributed by atoms with Crippen LogP contribution in [-0.2, 0) is 4.79 Å². The molecule has 2 aromatic rings. The van der Waals surface area contributed by atoms with Crippen molar-refractivity contribution >= 4 is 11.8 Å². The Labute approximate surface area is 171 Å². The van der Waals surface area contributed by atoms with Crippen LogP contribution in [0.5, 0.6) is 11.5 Å². The molecule has 1 fully saturated rings. The van der Waals surface area contributed by atoms with Crippen molar-refractivity contribution in [2.45, 2.75) is 18.9 Å². The second-order valence-corrected chi connectivity index (χ2v) is 6.79. The molecule has 0 aliphatic carbocycles. The minimum atomic E-state index is -1.68. The van der Waals surface area contributed by atoms with Gasteiger partial charge in [0, 0.05) is 19.1 Å². The number of carbonyl (C=O) groups excluding carboxylic acids is 2. The molecule has 1 aliphatic heterocycles. The molecule has 2 aromatic carbocycles. The summed E-state index contributed by atoms with van der Waals surface area (Å²) in [6.45, 7) is 0.593. The van der Waals surface area contributed by atoms with Crippen LogP contribution in [0.3, 0.4) is 0 Å². The minimum Gasteiger partial charge on any atom is -0.493 e. The Hall–Kier alpha value is -3.23. The highest BCUT2D eigenvalue weighted by Gasteiger charge is 2.26. The lowest BCUT2D eigenvalue weighted by Crippen LogP contribution is -2.47. The molecular formula is C21H21F3N2O4. The van der Waals surface area contributed by atoms with E-state index < -0.39 is 28.9 Å². The Bertz CT molecular complexity index is 930. The normalized spacial score (nSPS) is 14.3. The van der Waals surface area contributed by atoms with E-state index in [0.29, 0.717) is 43.5 Å². The van der Waals surface area contributed by atoms with Gasteiger partial charge < -0.3 is 19.7 Å². The van der Waals surface area contributed by atoms with Gasteiger partial charge in [-0.25, -0.2) is 13.2 Å². The number of para-hydroxylation sites is 2. The fourth-order valence-electron chi connectivity index (χ4n) is 3.21. The van der Waals surface area contributed by atoms with Crippen molar-refractivity contribution in [3.63, 3.8) is 0 Å². The van der Waals surface area contributed by atoms with Gasteiger partial charge in [0.15, 0.2) is 35.6 Å². The van der Waals surface area contributed by atoms with E-state index in [0.717, 1.165) is 6.07 Å². The van der Waals surface area contributed by atoms with Gasteiger partial charge in [0.1, 0.15) is 0 Å². The van der Waals surface area contributed by atoms with Crippen molar-refractivity contribution in [2.75, 3.05) is 26.8 Å². The van der Waals surface area contributed by atoms with Crippen molar-refractivity contribution in [3.8, 4) is 11.5 Å². The third kappa shape index (κ3) is 4.84. The van der Waals surface area contributed by atoms with Gasteiger partial charge in [-0.1, -0.05) is 12.1 Å². The summed E-state index contributed by atoms with van der Waals surface area (Å²) in [5.74, 6) is -4.61. The first-order valence-corrected chi connectivity index (χ1v) is 9.38. The SMILES string of the molecule is COc1ccccc1OCC(=O)N1CCC(NC(=O)c2ccc(F)c(F)c2F)CC1. The van der Waals surface area contributed by atoms with Crippen molar-refractivity contribution in [1.82, 2.24) is 10.2 Å². The van der Waals surface area contributed by atoms with Gasteiger partial charge in [0.25, 0.3) is 11.8 Å². The van der Waals surface area contributed by atoms with Crippen LogP contribution in [-0.4, -0.2) is 49.6 Å². The Balaban J connectivity index is 1.49. The molecule has 0 aromatic heterocycles. The van der Waals surface area contributed by atoms with Crippen molar-refractivity contribution < 1.29 is 32.2 Å². The summed E-state index contributed by atoms with van der Waals surface area (Å²) < 4.78 is 50.8. The molecule has 9 heteroatoms. The molecule has 160 valence electrons. The average molecular weight is 422 g/mol. The molecule has 0 unspecified atom stereocenters. The highest BCUT2D eigenvalue weighted by molar-refractivity contribution is 5.94. The van der Waals surface area contributed by atoms with Gasteiger partial charge in [-0.2, -0.15) is 0 Å². The standard InChI is InChI=1S/C21H21F3N2O4/c1-29-16-4-2-3-5-17(16)30-12-18(27)26-10-8-13(9-11-26)25-21(28)14-6-7-15(22)20(24)19(14)23/h2-7,13H,8-12H2,1H3,(H,25,28). The zero-order valence-corrected chi connectivity index (χ0v) is 16.3. The smallest absolute Gasteiger partial charge is 0.260 e. The van der Waals surface area contributed by atoms with Crippen LogP contribution in [0.2, 0.25) is 0 Å². The number of halogens is 3. The quantitative estimate of drug-likeness (QED) is 0.727. The number of nitrogens with one attached hydrogen (secondary N) is 1. The number of amides is 2. The molecule has 0 bridgehead atoms. The Kier molecular flexibility index (Phi) is 6.81. The molecule has 30 heavy (non-hydrogen) atoms. The Morgan fingerprint density at radius 3 is 2.37 bits per heavy atom. The molecule has 0 spiro atoms. The van der Waals surface area contributed by atoms with Crippen LogP contribution in [0.4, 0.5) is 13.2 Å². The van der Waals surface area contributed by atoms with Crippen LogP contribution in [0.25, 0.3) is 0 Å². The number of likely N-dealkylation sites (tertiary alicyclic amines) is 1. The summed E-state index contributed by atoms with van der Waals surface area (Å²) in [5.41, 5.74) is -0.558. The number of rotatable bonds is 6. The van der Waals surface area contributed by atoms with E-state index in [4.69, 9.17) is 9.47 Å². The van der Waals surface area contributed by atoms with E-state index in [-0.39, 0.29) is 18.6 Å². The van der Waals surface area contributed by atoms with E-state index in [9.17, 15) is 22.8 Å². The van der Waals surface area contributed by atoms with Gasteiger partial charge in [-0.05, 0) is 37.1 Å². The lowest BCUT2D eigenvalue weighted by Gasteiger charge is -2.32. The molecule has 1 saturated heterocycles. The third-order valence-electron chi connectivity index (χ3n) is 4.88. The maximum atomic E-state index is 13.8. The maximum Gasteiger partial charge on any atom is 0.260 e. The van der Waals surface area contributed by atoms with Crippen LogP contribution in [0.15, 0.2) is 36.4 Å². The molecular weight excluding hydrogens is 401 g/mol. The molecule has 1 aliphatic rings. The number of hydrogen-bond donors (Lipinski definition) is 1. The van der Waals surface area contributed by atoms with Gasteiger partial charge in [0.2, 0.25) is 0 Å². The van der Waals surface area contributed by atoms with E-state index in [1.54, 1.807) is 29.2 Å². The fraction of sp³-hybridized carbons (Fsp3) is 0.333. The summed E-state index contributed by atoms with van der Waals surface area (Å²) in [6, 6.07) is 8.28. The number of methoxy groups -OCH3 is 1. The first-order valence-electron chi connectivity index (χ1n) is 9.38. The van der Waals surface area contributed by atoms with Gasteiger partial charge in [0.05, 0.1) is 12.7 Å². The maximum absolute atomic E-state index is 13.8. The van der Waals surface area contributed by atoms with Gasteiger partial charge in [-0.3, -0.25) is 9.59 Å². The fourth-order valence-corrected chi connectivity index (χ4v) is 3.21. The number of nitrogens with zero attached hydrogens (tertiary/aromatic N) is 1. The highest BCUT2D eigenvalue weighted by atomic mass is 19.2. The first-order chi connectivity index (χ1) is 14.4. The summed E-state index contributed by atoms with van der Waals surface area (Å²) in [7, 11) is 1.51. The molecule has 0 atom stereocenters. The molecule has 0 radical (unpaired) electrons. The number of hydrogen-bond acceptors (Lipinski definition) is 4. The van der Waals surface area contributed by atoms with Gasteiger partial charge in [-0.15, -0.1) is 0 Å². The van der Waals surface area contributed by atoms with E-state index in [1.807, 2.05) is 0 Å². The summed E-state index contributed by atoms with van der Waals surface area (Å²) in [4.78, 5) is 26.2. The number of ether oxygens (including phenoxy) is 2. The topological polar surface area (TPSA) is 67.9 Å². The van der Waals surface area contributed by atoms with Crippen molar-refractivity contribution in [2.24, 2.45) is 0 Å². The van der Waals surface area contributed by atoms with E-state index in [2.05, 4.69) is 5.32 Å². The minimum absolute atomic E-state index is 0.155. The molecule has 2 amide bonds. The number of piperidine rings is 1. The largest absolute Gasteiger partial charge is 0.493 e. The predicted molar refractivity (Wildman–Crippen MR) is 102 cm³/mol. The van der Waals surface area contributed by atoms with Crippen LogP contribution < -0.4 is 14.8 Å². The molecule has 0 saturated carbocycles. The van der Waals surface area contributed by atoms with E-state index in [1.165, 1.54) is 7.11 Å². The zero-order valence-electron chi connectivity index (χ0n) is 16.3. The molecule has 6 nitrogen and oxygen atoms in total. The van der Waals surface area contributed by atoms with Crippen LogP contribution in [0.1, 0.15) is 23.2 Å². The summed E-state index contributed by atoms with van der Waals surface area (Å²) >= 11 is 0. The predicted octanol–water partition coefficient (Wildman–Crippen LogP) is 2.91.